The van der Waals surface area contributed by atoms with E-state index in [1.165, 1.54) is 24.3 Å². The standard InChI is InChI=1S/C21H18Cl2N2O4S/c1-14(29-19-10-4-16(23)5-11-19)21(26)24-17-8-12-20(13-9-17)30(27,28)25-18-6-2-15(22)3-7-18/h2-14,25H,1H3,(H,24,26)/t14-/m1/s1. The van der Waals surface area contributed by atoms with Gasteiger partial charge in [-0.25, -0.2) is 8.42 Å². The molecule has 3 rings (SSSR count). The van der Waals surface area contributed by atoms with Gasteiger partial charge in [0.1, 0.15) is 5.75 Å². The first-order valence-electron chi connectivity index (χ1n) is 8.84. The van der Waals surface area contributed by atoms with Crippen molar-refractivity contribution in [3.63, 3.8) is 0 Å². The van der Waals surface area contributed by atoms with Crippen molar-refractivity contribution in [2.75, 3.05) is 10.0 Å². The minimum absolute atomic E-state index is 0.0564. The Bertz CT molecular complexity index is 1120. The molecule has 9 heteroatoms. The number of sulfonamides is 1. The largest absolute Gasteiger partial charge is 0.481 e. The van der Waals surface area contributed by atoms with Crippen LogP contribution in [0.4, 0.5) is 11.4 Å². The fourth-order valence-electron chi connectivity index (χ4n) is 2.46. The molecule has 3 aromatic rings. The van der Waals surface area contributed by atoms with Crippen molar-refractivity contribution in [3.05, 3.63) is 82.8 Å². The van der Waals surface area contributed by atoms with Crippen LogP contribution >= 0.6 is 23.2 Å². The molecule has 0 heterocycles. The average Bonchev–Trinajstić information content (AvgIpc) is 2.71. The van der Waals surface area contributed by atoms with E-state index in [9.17, 15) is 13.2 Å². The SMILES string of the molecule is C[C@@H](Oc1ccc(Cl)cc1)C(=O)Nc1ccc(S(=O)(=O)Nc2ccc(Cl)cc2)cc1. The summed E-state index contributed by atoms with van der Waals surface area (Å²) < 4.78 is 33.0. The summed E-state index contributed by atoms with van der Waals surface area (Å²) in [6.07, 6.45) is -0.763. The minimum Gasteiger partial charge on any atom is -0.481 e. The smallest absolute Gasteiger partial charge is 0.265 e. The van der Waals surface area contributed by atoms with Crippen LogP contribution in [-0.2, 0) is 14.8 Å². The second kappa shape index (κ2) is 9.38. The molecule has 1 atom stereocenters. The molecule has 0 fully saturated rings. The van der Waals surface area contributed by atoms with Crippen LogP contribution in [-0.4, -0.2) is 20.4 Å². The molecule has 3 aromatic carbocycles. The Kier molecular flexibility index (Phi) is 6.87. The van der Waals surface area contributed by atoms with Gasteiger partial charge in [0.05, 0.1) is 4.90 Å². The normalized spacial score (nSPS) is 12.1. The number of halogens is 2. The van der Waals surface area contributed by atoms with Crippen LogP contribution < -0.4 is 14.8 Å². The van der Waals surface area contributed by atoms with Crippen LogP contribution in [0.1, 0.15) is 6.92 Å². The first-order valence-corrected chi connectivity index (χ1v) is 11.1. The summed E-state index contributed by atoms with van der Waals surface area (Å²) in [6, 6.07) is 18.8. The second-order valence-electron chi connectivity index (χ2n) is 6.34. The summed E-state index contributed by atoms with van der Waals surface area (Å²) >= 11 is 11.6. The molecule has 0 saturated carbocycles. The molecular weight excluding hydrogens is 447 g/mol. The van der Waals surface area contributed by atoms with Crippen LogP contribution in [0.3, 0.4) is 0 Å². The maximum absolute atomic E-state index is 12.5. The van der Waals surface area contributed by atoms with E-state index in [0.29, 0.717) is 27.2 Å². The van der Waals surface area contributed by atoms with Crippen molar-refractivity contribution in [3.8, 4) is 5.75 Å². The number of amides is 1. The summed E-state index contributed by atoms with van der Waals surface area (Å²) in [5, 5.41) is 3.76. The molecule has 0 aliphatic rings. The van der Waals surface area contributed by atoms with Crippen LogP contribution in [0, 0.1) is 0 Å². The quantitative estimate of drug-likeness (QED) is 0.503. The highest BCUT2D eigenvalue weighted by molar-refractivity contribution is 7.92. The molecular formula is C21H18Cl2N2O4S. The number of carbonyl (C=O) groups excluding carboxylic acids is 1. The maximum Gasteiger partial charge on any atom is 0.265 e. The molecule has 0 aliphatic heterocycles. The summed E-state index contributed by atoms with van der Waals surface area (Å²) in [6.45, 7) is 1.61. The van der Waals surface area contributed by atoms with E-state index in [1.807, 2.05) is 0 Å². The zero-order chi connectivity index (χ0) is 21.7. The lowest BCUT2D eigenvalue weighted by Crippen LogP contribution is -2.30. The molecule has 156 valence electrons. The third-order valence-corrected chi connectivity index (χ3v) is 5.93. The number of nitrogens with one attached hydrogen (secondary N) is 2. The highest BCUT2D eigenvalue weighted by Crippen LogP contribution is 2.21. The van der Waals surface area contributed by atoms with Gasteiger partial charge in [-0.2, -0.15) is 0 Å². The Morgan fingerprint density at radius 1 is 0.833 bits per heavy atom. The van der Waals surface area contributed by atoms with E-state index in [4.69, 9.17) is 27.9 Å². The Morgan fingerprint density at radius 2 is 1.33 bits per heavy atom. The highest BCUT2D eigenvalue weighted by atomic mass is 35.5. The first-order chi connectivity index (χ1) is 14.2. The van der Waals surface area contributed by atoms with Crippen LogP contribution in [0.5, 0.6) is 5.75 Å². The number of benzene rings is 3. The third-order valence-electron chi connectivity index (χ3n) is 4.02. The second-order valence-corrected chi connectivity index (χ2v) is 8.90. The Labute approximate surface area is 184 Å². The van der Waals surface area contributed by atoms with Gasteiger partial charge in [0, 0.05) is 21.4 Å². The fourth-order valence-corrected chi connectivity index (χ4v) is 3.77. The van der Waals surface area contributed by atoms with Gasteiger partial charge < -0.3 is 10.1 Å². The van der Waals surface area contributed by atoms with Crippen molar-refractivity contribution in [2.24, 2.45) is 0 Å². The van der Waals surface area contributed by atoms with Crippen LogP contribution in [0.25, 0.3) is 0 Å². The highest BCUT2D eigenvalue weighted by Gasteiger charge is 2.17. The molecule has 1 amide bonds. The Balaban J connectivity index is 1.62. The molecule has 0 saturated heterocycles. The number of hydrogen-bond acceptors (Lipinski definition) is 4. The van der Waals surface area contributed by atoms with Crippen LogP contribution in [0.15, 0.2) is 77.7 Å². The summed E-state index contributed by atoms with van der Waals surface area (Å²) in [7, 11) is -3.77. The average molecular weight is 465 g/mol. The summed E-state index contributed by atoms with van der Waals surface area (Å²) in [4.78, 5) is 12.4. The maximum atomic E-state index is 12.5. The molecule has 0 aliphatic carbocycles. The number of rotatable bonds is 7. The van der Waals surface area contributed by atoms with Crippen molar-refractivity contribution in [2.45, 2.75) is 17.9 Å². The Morgan fingerprint density at radius 3 is 1.90 bits per heavy atom. The number of hydrogen-bond donors (Lipinski definition) is 2. The molecule has 2 N–H and O–H groups in total. The lowest BCUT2D eigenvalue weighted by molar-refractivity contribution is -0.122. The third kappa shape index (κ3) is 5.89. The zero-order valence-electron chi connectivity index (χ0n) is 15.8. The number of carbonyl (C=O) groups is 1. The molecule has 6 nitrogen and oxygen atoms in total. The number of anilines is 2. The minimum atomic E-state index is -3.77. The van der Waals surface area contributed by atoms with Gasteiger partial charge in [0.15, 0.2) is 6.10 Å². The van der Waals surface area contributed by atoms with Crippen molar-refractivity contribution >= 4 is 50.5 Å². The van der Waals surface area contributed by atoms with Crippen molar-refractivity contribution in [1.82, 2.24) is 0 Å². The topological polar surface area (TPSA) is 84.5 Å². The molecule has 0 spiro atoms. The van der Waals surface area contributed by atoms with Gasteiger partial charge in [-0.05, 0) is 79.7 Å². The lowest BCUT2D eigenvalue weighted by atomic mass is 10.3. The zero-order valence-corrected chi connectivity index (χ0v) is 18.1. The fraction of sp³-hybridized carbons (Fsp3) is 0.0952. The van der Waals surface area contributed by atoms with E-state index in [0.717, 1.165) is 0 Å². The van der Waals surface area contributed by atoms with Crippen molar-refractivity contribution < 1.29 is 17.9 Å². The van der Waals surface area contributed by atoms with Gasteiger partial charge in [0.2, 0.25) is 0 Å². The van der Waals surface area contributed by atoms with Gasteiger partial charge >= 0.3 is 0 Å². The molecule has 0 aromatic heterocycles. The summed E-state index contributed by atoms with van der Waals surface area (Å²) in [5.74, 6) is 0.136. The molecule has 30 heavy (non-hydrogen) atoms. The first kappa shape index (κ1) is 22.0. The molecule has 0 bridgehead atoms. The summed E-state index contributed by atoms with van der Waals surface area (Å²) in [5.41, 5.74) is 0.835. The van der Waals surface area contributed by atoms with E-state index in [1.54, 1.807) is 55.5 Å². The monoisotopic (exact) mass is 464 g/mol. The Hall–Kier alpha value is -2.74. The van der Waals surface area contributed by atoms with Gasteiger partial charge in [-0.1, -0.05) is 23.2 Å². The number of ether oxygens (including phenoxy) is 1. The van der Waals surface area contributed by atoms with Crippen molar-refractivity contribution in [1.29, 1.82) is 0 Å². The van der Waals surface area contributed by atoms with E-state index >= 15 is 0 Å². The van der Waals surface area contributed by atoms with Gasteiger partial charge in [-0.15, -0.1) is 0 Å². The van der Waals surface area contributed by atoms with E-state index < -0.39 is 16.1 Å². The molecule has 0 unspecified atom stereocenters. The van der Waals surface area contributed by atoms with Crippen LogP contribution in [0.2, 0.25) is 10.0 Å². The lowest BCUT2D eigenvalue weighted by Gasteiger charge is -2.15. The predicted molar refractivity (Wildman–Crippen MR) is 119 cm³/mol. The van der Waals surface area contributed by atoms with E-state index in [2.05, 4.69) is 10.0 Å². The molecule has 0 radical (unpaired) electrons. The van der Waals surface area contributed by atoms with E-state index in [-0.39, 0.29) is 10.8 Å². The predicted octanol–water partition coefficient (Wildman–Crippen LogP) is 5.20. The van der Waals surface area contributed by atoms with Gasteiger partial charge in [0.25, 0.3) is 15.9 Å². The van der Waals surface area contributed by atoms with Gasteiger partial charge in [-0.3, -0.25) is 9.52 Å².